The number of fused-ring (bicyclic) bond motifs is 14. The maximum Gasteiger partial charge on any atom is 0.326 e. The molecule has 11 nitrogen and oxygen atoms in total. The molecule has 230 valence electrons. The van der Waals surface area contributed by atoms with E-state index in [0.717, 1.165) is 0 Å². The lowest BCUT2D eigenvalue weighted by Gasteiger charge is -2.23. The summed E-state index contributed by atoms with van der Waals surface area (Å²) in [6.07, 6.45) is 1.05. The third-order valence-electron chi connectivity index (χ3n) is 7.49. The molecule has 0 atom stereocenters. The molecule has 6 rings (SSSR count). The molecule has 0 unspecified atom stereocenters. The molecule has 3 aromatic carbocycles. The largest absolute Gasteiger partial charge is 0.493 e. The van der Waals surface area contributed by atoms with Crippen molar-refractivity contribution < 1.29 is 28.2 Å². The van der Waals surface area contributed by atoms with Gasteiger partial charge in [0, 0.05) is 56.7 Å². The van der Waals surface area contributed by atoms with Crippen LogP contribution < -0.4 is 25.8 Å². The zero-order valence-corrected chi connectivity index (χ0v) is 24.4. The van der Waals surface area contributed by atoms with Gasteiger partial charge >= 0.3 is 5.69 Å². The fourth-order valence-corrected chi connectivity index (χ4v) is 5.15. The first-order valence-corrected chi connectivity index (χ1v) is 14.5. The number of carbonyl (C=O) groups is 3. The van der Waals surface area contributed by atoms with Crippen molar-refractivity contribution in [2.45, 2.75) is 38.8 Å². The number of carbonyl (C=O) groups excluding carboxylic acids is 3. The number of aryl methyl sites for hydroxylation is 1. The summed E-state index contributed by atoms with van der Waals surface area (Å²) in [7, 11) is 1.44. The number of hydrogen-bond acceptors (Lipinski definition) is 6. The molecule has 2 bridgehead atoms. The van der Waals surface area contributed by atoms with E-state index in [0.29, 0.717) is 49.1 Å². The molecule has 0 spiro atoms. The first-order valence-electron chi connectivity index (χ1n) is 14.5. The predicted octanol–water partition coefficient (Wildman–Crippen LogP) is 3.72. The summed E-state index contributed by atoms with van der Waals surface area (Å²) in [6.45, 7) is 1.04. The van der Waals surface area contributed by atoms with Crippen molar-refractivity contribution in [3.05, 3.63) is 88.1 Å². The van der Waals surface area contributed by atoms with E-state index in [1.165, 1.54) is 29.9 Å². The van der Waals surface area contributed by atoms with Crippen LogP contribution in [0.2, 0.25) is 0 Å². The average Bonchev–Trinajstić information content (AvgIpc) is 3.34. The van der Waals surface area contributed by atoms with Gasteiger partial charge in [-0.15, -0.1) is 0 Å². The predicted molar refractivity (Wildman–Crippen MR) is 161 cm³/mol. The van der Waals surface area contributed by atoms with Crippen molar-refractivity contribution in [1.82, 2.24) is 25.1 Å². The Morgan fingerprint density at radius 2 is 1.80 bits per heavy atom. The van der Waals surface area contributed by atoms with E-state index in [-0.39, 0.29) is 72.2 Å². The van der Waals surface area contributed by atoms with Crippen LogP contribution in [0.1, 0.15) is 41.6 Å². The third kappa shape index (κ3) is 7.08. The van der Waals surface area contributed by atoms with E-state index in [1.807, 2.05) is 18.2 Å². The van der Waals surface area contributed by atoms with Crippen LogP contribution in [0.4, 0.5) is 4.39 Å². The first kappa shape index (κ1) is 30.3. The Kier molecular flexibility index (Phi) is 9.58. The van der Waals surface area contributed by atoms with Crippen LogP contribution in [0.3, 0.4) is 0 Å². The Bertz CT molecular complexity index is 1730. The van der Waals surface area contributed by atoms with E-state index in [1.54, 1.807) is 29.2 Å². The van der Waals surface area contributed by atoms with Gasteiger partial charge in [0.1, 0.15) is 11.6 Å². The summed E-state index contributed by atoms with van der Waals surface area (Å²) < 4.78 is 27.7. The number of amides is 3. The topological polar surface area (TPSA) is 135 Å². The molecule has 3 N–H and O–H groups in total. The van der Waals surface area contributed by atoms with Gasteiger partial charge in [-0.05, 0) is 55.3 Å². The fourth-order valence-electron chi connectivity index (χ4n) is 5.15. The van der Waals surface area contributed by atoms with Crippen molar-refractivity contribution in [2.75, 3.05) is 26.7 Å². The van der Waals surface area contributed by atoms with Gasteiger partial charge in [0.15, 0.2) is 11.5 Å². The van der Waals surface area contributed by atoms with Gasteiger partial charge in [-0.25, -0.2) is 9.18 Å². The number of rotatable bonds is 4. The zero-order chi connectivity index (χ0) is 31.1. The SMILES string of the molecule is COc1cc2ccc1Oc1cccc(F)c1CNC(=O)CCCN(C(=O)CCn1c(=O)[nH]c3ccccc31)CCCNC2=O. The molecule has 0 saturated heterocycles. The Hall–Kier alpha value is -5.13. The van der Waals surface area contributed by atoms with E-state index in [9.17, 15) is 23.6 Å². The van der Waals surface area contributed by atoms with Crippen LogP contribution in [0, 0.1) is 5.82 Å². The quantitative estimate of drug-likeness (QED) is 0.326. The fraction of sp³-hybridized carbons (Fsp3) is 0.312. The Balaban J connectivity index is 1.32. The molecule has 0 saturated carbocycles. The molecule has 0 radical (unpaired) electrons. The van der Waals surface area contributed by atoms with Gasteiger partial charge in [-0.3, -0.25) is 19.0 Å². The van der Waals surface area contributed by atoms with Crippen molar-refractivity contribution in [3.8, 4) is 17.2 Å². The second-order valence-electron chi connectivity index (χ2n) is 10.4. The van der Waals surface area contributed by atoms with Crippen LogP contribution in [0.15, 0.2) is 65.5 Å². The number of aromatic nitrogens is 2. The molecule has 1 aromatic heterocycles. The summed E-state index contributed by atoms with van der Waals surface area (Å²) in [5.74, 6) is -0.590. The van der Waals surface area contributed by atoms with Crippen molar-refractivity contribution in [2.24, 2.45) is 0 Å². The van der Waals surface area contributed by atoms with Gasteiger partial charge in [0.25, 0.3) is 5.91 Å². The molecule has 2 aliphatic rings. The standard InChI is InChI=1S/C32H34FN5O6/c1-43-28-19-21-12-13-27(28)44-26-10-4-7-23(33)22(26)20-35-29(39)11-5-16-37(17-6-15-34-31(21)41)30(40)14-18-38-25-9-3-2-8-24(25)36-32(38)42/h2-4,7-10,12-13,19H,5-6,11,14-18,20H2,1H3,(H,34,41)(H,35,39)(H,36,42). The van der Waals surface area contributed by atoms with E-state index >= 15 is 0 Å². The summed E-state index contributed by atoms with van der Waals surface area (Å²) in [6, 6.07) is 16.3. The Morgan fingerprint density at radius 1 is 0.977 bits per heavy atom. The second-order valence-corrected chi connectivity index (χ2v) is 10.4. The monoisotopic (exact) mass is 603 g/mol. The summed E-state index contributed by atoms with van der Waals surface area (Å²) in [5.41, 5.74) is 1.62. The number of H-pyrrole nitrogens is 1. The molecule has 44 heavy (non-hydrogen) atoms. The third-order valence-corrected chi connectivity index (χ3v) is 7.49. The number of nitrogens with zero attached hydrogens (tertiary/aromatic N) is 2. The van der Waals surface area contributed by atoms with Crippen LogP contribution in [-0.4, -0.2) is 58.9 Å². The molecule has 0 fully saturated rings. The molecule has 2 aliphatic heterocycles. The maximum absolute atomic E-state index is 14.8. The summed E-state index contributed by atoms with van der Waals surface area (Å²) in [5, 5.41) is 5.60. The molecule has 4 aromatic rings. The molecule has 12 heteroatoms. The lowest BCUT2D eigenvalue weighted by molar-refractivity contribution is -0.132. The van der Waals surface area contributed by atoms with Crippen LogP contribution >= 0.6 is 0 Å². The normalized spacial score (nSPS) is 14.9. The molecular formula is C32H34FN5O6. The molecule has 3 heterocycles. The van der Waals surface area contributed by atoms with Crippen LogP contribution in [0.5, 0.6) is 17.2 Å². The maximum atomic E-state index is 14.8. The average molecular weight is 604 g/mol. The van der Waals surface area contributed by atoms with Crippen LogP contribution in [0.25, 0.3) is 11.0 Å². The second kappa shape index (κ2) is 13.9. The van der Waals surface area contributed by atoms with Crippen molar-refractivity contribution in [1.29, 1.82) is 0 Å². The lowest BCUT2D eigenvalue weighted by atomic mass is 10.1. The Morgan fingerprint density at radius 3 is 2.64 bits per heavy atom. The summed E-state index contributed by atoms with van der Waals surface area (Å²) in [4.78, 5) is 55.8. The number of aromatic amines is 1. The minimum Gasteiger partial charge on any atom is -0.493 e. The zero-order valence-electron chi connectivity index (χ0n) is 24.4. The van der Waals surface area contributed by atoms with Crippen molar-refractivity contribution in [3.63, 3.8) is 0 Å². The molecule has 3 amide bonds. The first-order chi connectivity index (χ1) is 21.3. The highest BCUT2D eigenvalue weighted by Gasteiger charge is 2.19. The number of ether oxygens (including phenoxy) is 2. The van der Waals surface area contributed by atoms with E-state index in [2.05, 4.69) is 15.6 Å². The number of imidazole rings is 1. The Labute approximate surface area is 253 Å². The number of halogens is 1. The molecule has 0 aliphatic carbocycles. The number of benzene rings is 3. The smallest absolute Gasteiger partial charge is 0.326 e. The summed E-state index contributed by atoms with van der Waals surface area (Å²) >= 11 is 0. The van der Waals surface area contributed by atoms with Gasteiger partial charge in [-0.2, -0.15) is 0 Å². The van der Waals surface area contributed by atoms with E-state index in [4.69, 9.17) is 9.47 Å². The number of hydrogen-bond donors (Lipinski definition) is 3. The molecular weight excluding hydrogens is 569 g/mol. The van der Waals surface area contributed by atoms with Gasteiger partial charge in [-0.1, -0.05) is 18.2 Å². The number of para-hydroxylation sites is 2. The van der Waals surface area contributed by atoms with E-state index < -0.39 is 5.82 Å². The number of nitrogens with one attached hydrogen (secondary N) is 3. The van der Waals surface area contributed by atoms with Gasteiger partial charge in [0.05, 0.1) is 18.1 Å². The van der Waals surface area contributed by atoms with Crippen LogP contribution in [-0.2, 0) is 22.7 Å². The highest BCUT2D eigenvalue weighted by molar-refractivity contribution is 5.94. The van der Waals surface area contributed by atoms with Gasteiger partial charge < -0.3 is 30.0 Å². The lowest BCUT2D eigenvalue weighted by Crippen LogP contribution is -2.36. The number of methoxy groups -OCH3 is 1. The highest BCUT2D eigenvalue weighted by atomic mass is 19.1. The van der Waals surface area contributed by atoms with Crippen molar-refractivity contribution >= 4 is 28.8 Å². The van der Waals surface area contributed by atoms with Gasteiger partial charge in [0.2, 0.25) is 11.8 Å². The minimum atomic E-state index is -0.547. The highest BCUT2D eigenvalue weighted by Crippen LogP contribution is 2.34. The minimum absolute atomic E-state index is 0.0858.